The maximum absolute atomic E-state index is 12.8. The van der Waals surface area contributed by atoms with Crippen LogP contribution in [0.1, 0.15) is 26.5 Å². The second-order valence-corrected chi connectivity index (χ2v) is 6.80. The molecule has 0 aliphatic heterocycles. The van der Waals surface area contributed by atoms with Crippen molar-refractivity contribution < 1.29 is 23.5 Å². The molecule has 154 valence electrons. The lowest BCUT2D eigenvalue weighted by Crippen LogP contribution is -2.34. The van der Waals surface area contributed by atoms with E-state index in [2.05, 4.69) is 10.3 Å². The Balaban J connectivity index is 1.52. The van der Waals surface area contributed by atoms with E-state index in [1.54, 1.807) is 66.7 Å². The summed E-state index contributed by atoms with van der Waals surface area (Å²) in [5.41, 5.74) is 1.64. The number of esters is 1. The molecule has 2 heterocycles. The molecule has 7 heteroatoms. The van der Waals surface area contributed by atoms with Gasteiger partial charge in [-0.3, -0.25) is 14.9 Å². The number of rotatable bonds is 5. The molecule has 0 bridgehead atoms. The first-order chi connectivity index (χ1) is 15.0. The third-order valence-electron chi connectivity index (χ3n) is 4.55. The van der Waals surface area contributed by atoms with Crippen LogP contribution in [0.25, 0.3) is 22.4 Å². The fraction of sp³-hybridized carbons (Fsp3) is 0.0833. The molecule has 31 heavy (non-hydrogen) atoms. The minimum Gasteiger partial charge on any atom is -0.460 e. The van der Waals surface area contributed by atoms with Crippen molar-refractivity contribution in [3.63, 3.8) is 0 Å². The van der Waals surface area contributed by atoms with Crippen molar-refractivity contribution >= 4 is 28.7 Å². The Labute approximate surface area is 177 Å². The van der Waals surface area contributed by atoms with Gasteiger partial charge in [0.25, 0.3) is 11.8 Å². The Bertz CT molecular complexity index is 1280. The fourth-order valence-corrected chi connectivity index (χ4v) is 3.08. The minimum absolute atomic E-state index is 0.247. The molecule has 0 aliphatic carbocycles. The summed E-state index contributed by atoms with van der Waals surface area (Å²) in [7, 11) is 0. The fourth-order valence-electron chi connectivity index (χ4n) is 3.08. The molecule has 4 rings (SSSR count). The average molecular weight is 414 g/mol. The lowest BCUT2D eigenvalue weighted by atomic mass is 10.1. The van der Waals surface area contributed by atoms with Gasteiger partial charge in [-0.15, -0.1) is 0 Å². The van der Waals surface area contributed by atoms with Gasteiger partial charge in [0, 0.05) is 10.9 Å². The van der Waals surface area contributed by atoms with Crippen molar-refractivity contribution in [2.75, 3.05) is 6.61 Å². The van der Waals surface area contributed by atoms with Gasteiger partial charge in [0.2, 0.25) is 0 Å². The molecule has 0 fully saturated rings. The highest BCUT2D eigenvalue weighted by molar-refractivity contribution is 6.07. The first-order valence-electron chi connectivity index (χ1n) is 9.54. The summed E-state index contributed by atoms with van der Waals surface area (Å²) in [5, 5.41) is 2.78. The molecule has 0 saturated heterocycles. The van der Waals surface area contributed by atoms with Crippen molar-refractivity contribution in [1.29, 1.82) is 0 Å². The van der Waals surface area contributed by atoms with E-state index in [1.165, 1.54) is 0 Å². The quantitative estimate of drug-likeness (QED) is 0.497. The van der Waals surface area contributed by atoms with E-state index in [0.29, 0.717) is 33.7 Å². The number of hydrogen-bond acceptors (Lipinski definition) is 6. The maximum atomic E-state index is 12.8. The molecule has 2 amide bonds. The molecule has 7 nitrogen and oxygen atoms in total. The second-order valence-electron chi connectivity index (χ2n) is 6.80. The smallest absolute Gasteiger partial charge is 0.339 e. The highest BCUT2D eigenvalue weighted by Crippen LogP contribution is 2.26. The number of fused-ring (bicyclic) bond motifs is 1. The molecule has 0 aliphatic rings. The van der Waals surface area contributed by atoms with Gasteiger partial charge in [-0.05, 0) is 43.3 Å². The van der Waals surface area contributed by atoms with Gasteiger partial charge in [-0.2, -0.15) is 0 Å². The number of imide groups is 1. The average Bonchev–Trinajstić information content (AvgIpc) is 3.23. The molecule has 0 saturated carbocycles. The summed E-state index contributed by atoms with van der Waals surface area (Å²) in [6, 6.07) is 20.5. The molecule has 0 unspecified atom stereocenters. The first kappa shape index (κ1) is 20.0. The van der Waals surface area contributed by atoms with Crippen LogP contribution in [-0.4, -0.2) is 29.4 Å². The van der Waals surface area contributed by atoms with Crippen LogP contribution in [0.3, 0.4) is 0 Å². The third-order valence-corrected chi connectivity index (χ3v) is 4.55. The van der Waals surface area contributed by atoms with Crippen molar-refractivity contribution in [2.45, 2.75) is 6.92 Å². The number of nitrogens with zero attached hydrogens (tertiary/aromatic N) is 1. The number of furan rings is 1. The van der Waals surface area contributed by atoms with E-state index in [-0.39, 0.29) is 5.56 Å². The number of para-hydroxylation sites is 1. The Morgan fingerprint density at radius 1 is 0.968 bits per heavy atom. The molecule has 2 aromatic heterocycles. The van der Waals surface area contributed by atoms with Crippen LogP contribution in [-0.2, 0) is 9.53 Å². The van der Waals surface area contributed by atoms with E-state index in [4.69, 9.17) is 9.15 Å². The molecular formula is C24H18N2O5. The highest BCUT2D eigenvalue weighted by Gasteiger charge is 2.18. The number of hydrogen-bond donors (Lipinski definition) is 1. The van der Waals surface area contributed by atoms with Crippen LogP contribution in [0.5, 0.6) is 0 Å². The Morgan fingerprint density at radius 3 is 2.45 bits per heavy atom. The van der Waals surface area contributed by atoms with E-state index < -0.39 is 24.4 Å². The zero-order valence-electron chi connectivity index (χ0n) is 16.6. The molecule has 0 atom stereocenters. The number of benzene rings is 2. The molecule has 0 spiro atoms. The number of amides is 2. The topological polar surface area (TPSA) is 98.5 Å². The number of carbonyl (C=O) groups excluding carboxylic acids is 3. The Kier molecular flexibility index (Phi) is 5.57. The SMILES string of the molecule is Cc1ccc(-c2cc(C(=O)OCC(=O)NC(=O)c3ccccc3)c3ccccc3n2)o1. The summed E-state index contributed by atoms with van der Waals surface area (Å²) in [6.45, 7) is 1.22. The van der Waals surface area contributed by atoms with Crippen molar-refractivity contribution in [2.24, 2.45) is 0 Å². The van der Waals surface area contributed by atoms with Gasteiger partial charge in [0.05, 0.1) is 11.1 Å². The summed E-state index contributed by atoms with van der Waals surface area (Å²) in [4.78, 5) is 41.4. The van der Waals surface area contributed by atoms with Crippen LogP contribution >= 0.6 is 0 Å². The van der Waals surface area contributed by atoms with Gasteiger partial charge < -0.3 is 9.15 Å². The normalized spacial score (nSPS) is 10.6. The predicted molar refractivity (Wildman–Crippen MR) is 113 cm³/mol. The van der Waals surface area contributed by atoms with E-state index in [0.717, 1.165) is 0 Å². The lowest BCUT2D eigenvalue weighted by Gasteiger charge is -2.09. The van der Waals surface area contributed by atoms with Crippen LogP contribution in [0.2, 0.25) is 0 Å². The van der Waals surface area contributed by atoms with Gasteiger partial charge in [0.1, 0.15) is 11.5 Å². The first-order valence-corrected chi connectivity index (χ1v) is 9.54. The molecule has 2 aromatic carbocycles. The number of carbonyl (C=O) groups is 3. The lowest BCUT2D eigenvalue weighted by molar-refractivity contribution is -0.123. The van der Waals surface area contributed by atoms with E-state index in [1.807, 2.05) is 13.0 Å². The van der Waals surface area contributed by atoms with Crippen LogP contribution in [0.15, 0.2) is 77.2 Å². The van der Waals surface area contributed by atoms with Crippen LogP contribution < -0.4 is 5.32 Å². The van der Waals surface area contributed by atoms with Crippen LogP contribution in [0.4, 0.5) is 0 Å². The van der Waals surface area contributed by atoms with Crippen molar-refractivity contribution in [3.05, 3.63) is 89.7 Å². The monoisotopic (exact) mass is 414 g/mol. The maximum Gasteiger partial charge on any atom is 0.339 e. The highest BCUT2D eigenvalue weighted by atomic mass is 16.5. The summed E-state index contributed by atoms with van der Waals surface area (Å²) >= 11 is 0. The van der Waals surface area contributed by atoms with E-state index >= 15 is 0 Å². The van der Waals surface area contributed by atoms with E-state index in [9.17, 15) is 14.4 Å². The largest absolute Gasteiger partial charge is 0.460 e. The van der Waals surface area contributed by atoms with Crippen LogP contribution in [0, 0.1) is 6.92 Å². The molecule has 1 N–H and O–H groups in total. The van der Waals surface area contributed by atoms with Gasteiger partial charge >= 0.3 is 5.97 Å². The Morgan fingerprint density at radius 2 is 1.71 bits per heavy atom. The minimum atomic E-state index is -0.720. The number of ether oxygens (including phenoxy) is 1. The number of nitrogens with one attached hydrogen (secondary N) is 1. The van der Waals surface area contributed by atoms with Gasteiger partial charge in [0.15, 0.2) is 12.4 Å². The van der Waals surface area contributed by atoms with Gasteiger partial charge in [-0.25, -0.2) is 9.78 Å². The zero-order chi connectivity index (χ0) is 21.8. The predicted octanol–water partition coefficient (Wildman–Crippen LogP) is 3.92. The third kappa shape index (κ3) is 4.51. The summed E-state index contributed by atoms with van der Waals surface area (Å²) in [5.74, 6) is -0.753. The molecule has 0 radical (unpaired) electrons. The number of aryl methyl sites for hydroxylation is 1. The molecule has 4 aromatic rings. The summed E-state index contributed by atoms with van der Waals surface area (Å²) < 4.78 is 10.8. The van der Waals surface area contributed by atoms with Gasteiger partial charge in [-0.1, -0.05) is 36.4 Å². The standard InChI is InChI=1S/C24H18N2O5/c1-15-11-12-21(31-15)20-13-18(17-9-5-6-10-19(17)25-20)24(29)30-14-22(27)26-23(28)16-7-3-2-4-8-16/h2-13H,14H2,1H3,(H,26,27,28). The molecular weight excluding hydrogens is 396 g/mol. The number of pyridine rings is 1. The summed E-state index contributed by atoms with van der Waals surface area (Å²) in [6.07, 6.45) is 0. The zero-order valence-corrected chi connectivity index (χ0v) is 16.6. The second kappa shape index (κ2) is 8.62. The number of aromatic nitrogens is 1. The van der Waals surface area contributed by atoms with Crippen molar-refractivity contribution in [1.82, 2.24) is 10.3 Å². The Hall–Kier alpha value is -4.26. The van der Waals surface area contributed by atoms with Crippen molar-refractivity contribution in [3.8, 4) is 11.5 Å².